The average Bonchev–Trinajstić information content (AvgIpc) is 2.53. The van der Waals surface area contributed by atoms with E-state index in [0.29, 0.717) is 24.0 Å². The van der Waals surface area contributed by atoms with Crippen molar-refractivity contribution in [1.29, 1.82) is 0 Å². The SMILES string of the molecule is CS(=O)(=O)C1CCCC(C2CCCCC(=O)C2)C1. The van der Waals surface area contributed by atoms with Crippen LogP contribution in [0.15, 0.2) is 0 Å². The quantitative estimate of drug-likeness (QED) is 0.726. The molecule has 0 saturated heterocycles. The third-order valence-corrected chi connectivity index (χ3v) is 6.35. The number of hydrogen-bond acceptors (Lipinski definition) is 3. The first-order valence-electron chi connectivity index (χ1n) is 7.17. The second-order valence-corrected chi connectivity index (χ2v) is 8.45. The molecule has 2 saturated carbocycles. The van der Waals surface area contributed by atoms with Crippen molar-refractivity contribution in [2.45, 2.75) is 63.0 Å². The van der Waals surface area contributed by atoms with Gasteiger partial charge in [-0.05, 0) is 37.5 Å². The van der Waals surface area contributed by atoms with Gasteiger partial charge in [0, 0.05) is 19.1 Å². The summed E-state index contributed by atoms with van der Waals surface area (Å²) in [6.45, 7) is 0. The molecule has 0 N–H and O–H groups in total. The predicted octanol–water partition coefficient (Wildman–Crippen LogP) is 2.74. The van der Waals surface area contributed by atoms with Gasteiger partial charge in [0.25, 0.3) is 0 Å². The fourth-order valence-corrected chi connectivity index (χ4v) is 4.82. The highest BCUT2D eigenvalue weighted by Crippen LogP contribution is 2.38. The van der Waals surface area contributed by atoms with Gasteiger partial charge in [0.1, 0.15) is 15.6 Å². The molecule has 0 aromatic heterocycles. The zero-order valence-electron chi connectivity index (χ0n) is 11.2. The molecule has 2 fully saturated rings. The van der Waals surface area contributed by atoms with Crippen molar-refractivity contribution in [3.8, 4) is 0 Å². The van der Waals surface area contributed by atoms with Crippen LogP contribution in [0.2, 0.25) is 0 Å². The molecule has 2 aliphatic rings. The molecule has 2 aliphatic carbocycles. The van der Waals surface area contributed by atoms with E-state index in [0.717, 1.165) is 51.4 Å². The molecule has 2 rings (SSSR count). The maximum Gasteiger partial charge on any atom is 0.150 e. The Kier molecular flexibility index (Phi) is 4.46. The highest BCUT2D eigenvalue weighted by molar-refractivity contribution is 7.91. The van der Waals surface area contributed by atoms with Crippen LogP contribution in [0.3, 0.4) is 0 Å². The van der Waals surface area contributed by atoms with Gasteiger partial charge >= 0.3 is 0 Å². The lowest BCUT2D eigenvalue weighted by Crippen LogP contribution is -2.31. The molecule has 3 atom stereocenters. The molecule has 0 aliphatic heterocycles. The molecule has 4 heteroatoms. The van der Waals surface area contributed by atoms with Crippen molar-refractivity contribution in [2.24, 2.45) is 11.8 Å². The van der Waals surface area contributed by atoms with Gasteiger partial charge in [0.15, 0.2) is 0 Å². The molecule has 18 heavy (non-hydrogen) atoms. The lowest BCUT2D eigenvalue weighted by Gasteiger charge is -2.33. The van der Waals surface area contributed by atoms with Gasteiger partial charge in [0.2, 0.25) is 0 Å². The molecule has 0 amide bonds. The summed E-state index contributed by atoms with van der Waals surface area (Å²) in [6, 6.07) is 0. The van der Waals surface area contributed by atoms with E-state index in [1.807, 2.05) is 0 Å². The van der Waals surface area contributed by atoms with E-state index >= 15 is 0 Å². The minimum atomic E-state index is -2.91. The summed E-state index contributed by atoms with van der Waals surface area (Å²) in [5, 5.41) is -0.158. The molecule has 0 spiro atoms. The lowest BCUT2D eigenvalue weighted by molar-refractivity contribution is -0.120. The number of ketones is 1. The smallest absolute Gasteiger partial charge is 0.150 e. The fourth-order valence-electron chi connectivity index (χ4n) is 3.63. The van der Waals surface area contributed by atoms with Gasteiger partial charge < -0.3 is 0 Å². The summed E-state index contributed by atoms with van der Waals surface area (Å²) >= 11 is 0. The lowest BCUT2D eigenvalue weighted by atomic mass is 9.76. The van der Waals surface area contributed by atoms with Gasteiger partial charge in [-0.15, -0.1) is 0 Å². The second kappa shape index (κ2) is 5.72. The van der Waals surface area contributed by atoms with E-state index in [4.69, 9.17) is 0 Å². The van der Waals surface area contributed by atoms with Crippen molar-refractivity contribution in [1.82, 2.24) is 0 Å². The Labute approximate surface area is 110 Å². The monoisotopic (exact) mass is 272 g/mol. The summed E-state index contributed by atoms with van der Waals surface area (Å²) in [5.41, 5.74) is 0. The summed E-state index contributed by atoms with van der Waals surface area (Å²) in [6.07, 6.45) is 9.79. The Balaban J connectivity index is 2.01. The van der Waals surface area contributed by atoms with Crippen LogP contribution in [0.25, 0.3) is 0 Å². The number of hydrogen-bond donors (Lipinski definition) is 0. The van der Waals surface area contributed by atoms with E-state index < -0.39 is 9.84 Å². The first-order chi connectivity index (χ1) is 8.47. The number of rotatable bonds is 2. The average molecular weight is 272 g/mol. The normalized spacial score (nSPS) is 35.2. The van der Waals surface area contributed by atoms with E-state index in [1.165, 1.54) is 6.26 Å². The maximum atomic E-state index is 11.7. The van der Waals surface area contributed by atoms with Crippen molar-refractivity contribution < 1.29 is 13.2 Å². The van der Waals surface area contributed by atoms with Crippen molar-refractivity contribution in [2.75, 3.05) is 6.26 Å². The molecule has 0 radical (unpaired) electrons. The minimum absolute atomic E-state index is 0.158. The highest BCUT2D eigenvalue weighted by atomic mass is 32.2. The standard InChI is InChI=1S/C14H24O3S/c1-18(16,17)14-8-4-6-12(10-14)11-5-2-3-7-13(15)9-11/h11-12,14H,2-10H2,1H3. The van der Waals surface area contributed by atoms with E-state index in [-0.39, 0.29) is 5.25 Å². The van der Waals surface area contributed by atoms with Crippen LogP contribution in [0.5, 0.6) is 0 Å². The second-order valence-electron chi connectivity index (χ2n) is 6.13. The Morgan fingerprint density at radius 3 is 2.44 bits per heavy atom. The van der Waals surface area contributed by atoms with Gasteiger partial charge in [-0.2, -0.15) is 0 Å². The molecule has 0 aromatic carbocycles. The van der Waals surface area contributed by atoms with Crippen LogP contribution in [0, 0.1) is 11.8 Å². The molecule has 3 nitrogen and oxygen atoms in total. The number of carbonyl (C=O) groups excluding carboxylic acids is 1. The number of carbonyl (C=O) groups is 1. The van der Waals surface area contributed by atoms with E-state index in [2.05, 4.69) is 0 Å². The molecular weight excluding hydrogens is 248 g/mol. The van der Waals surface area contributed by atoms with Crippen LogP contribution < -0.4 is 0 Å². The van der Waals surface area contributed by atoms with Crippen molar-refractivity contribution >= 4 is 15.6 Å². The molecule has 104 valence electrons. The summed E-state index contributed by atoms with van der Waals surface area (Å²) < 4.78 is 23.4. The van der Waals surface area contributed by atoms with Gasteiger partial charge in [-0.1, -0.05) is 19.3 Å². The minimum Gasteiger partial charge on any atom is -0.300 e. The van der Waals surface area contributed by atoms with E-state index in [1.54, 1.807) is 0 Å². The first kappa shape index (κ1) is 14.0. The van der Waals surface area contributed by atoms with E-state index in [9.17, 15) is 13.2 Å². The Hall–Kier alpha value is -0.380. The van der Waals surface area contributed by atoms with Crippen LogP contribution in [0.4, 0.5) is 0 Å². The molecule has 0 aromatic rings. The Morgan fingerprint density at radius 1 is 1.00 bits per heavy atom. The third kappa shape index (κ3) is 3.56. The zero-order chi connectivity index (χ0) is 13.2. The number of Topliss-reactive ketones (excluding diaryl/α,β-unsaturated/α-hetero) is 1. The molecule has 0 bridgehead atoms. The van der Waals surface area contributed by atoms with Crippen LogP contribution in [-0.2, 0) is 14.6 Å². The summed E-state index contributed by atoms with van der Waals surface area (Å²) in [4.78, 5) is 11.7. The molecule has 3 unspecified atom stereocenters. The summed E-state index contributed by atoms with van der Waals surface area (Å²) in [7, 11) is -2.91. The fraction of sp³-hybridized carbons (Fsp3) is 0.929. The Morgan fingerprint density at radius 2 is 1.72 bits per heavy atom. The van der Waals surface area contributed by atoms with Crippen LogP contribution >= 0.6 is 0 Å². The first-order valence-corrected chi connectivity index (χ1v) is 9.13. The van der Waals surface area contributed by atoms with Crippen molar-refractivity contribution in [3.05, 3.63) is 0 Å². The van der Waals surface area contributed by atoms with Crippen molar-refractivity contribution in [3.63, 3.8) is 0 Å². The molecule has 0 heterocycles. The maximum absolute atomic E-state index is 11.7. The third-order valence-electron chi connectivity index (χ3n) is 4.71. The van der Waals surface area contributed by atoms with Crippen LogP contribution in [0.1, 0.15) is 57.8 Å². The highest BCUT2D eigenvalue weighted by Gasteiger charge is 2.34. The van der Waals surface area contributed by atoms with Gasteiger partial charge in [-0.25, -0.2) is 8.42 Å². The van der Waals surface area contributed by atoms with Crippen LogP contribution in [-0.4, -0.2) is 25.7 Å². The molecular formula is C14H24O3S. The topological polar surface area (TPSA) is 51.2 Å². The Bertz CT molecular complexity index is 399. The van der Waals surface area contributed by atoms with Gasteiger partial charge in [-0.3, -0.25) is 4.79 Å². The van der Waals surface area contributed by atoms with Gasteiger partial charge in [0.05, 0.1) is 5.25 Å². The largest absolute Gasteiger partial charge is 0.300 e. The predicted molar refractivity (Wildman–Crippen MR) is 72.2 cm³/mol. The zero-order valence-corrected chi connectivity index (χ0v) is 12.0. The number of sulfone groups is 1. The summed E-state index contributed by atoms with van der Waals surface area (Å²) in [5.74, 6) is 1.30.